The molecule has 3 N–H and O–H groups in total. The van der Waals surface area contributed by atoms with Crippen molar-refractivity contribution in [3.05, 3.63) is 78.4 Å². The van der Waals surface area contributed by atoms with Crippen molar-refractivity contribution < 1.29 is 9.53 Å². The number of amides is 1. The molecule has 220 valence electrons. The molecule has 11 heteroatoms. The van der Waals surface area contributed by atoms with Gasteiger partial charge in [-0.1, -0.05) is 37.3 Å². The summed E-state index contributed by atoms with van der Waals surface area (Å²) in [6.07, 6.45) is 7.69. The minimum absolute atomic E-state index is 0.239. The number of anilines is 3. The third-order valence-corrected chi connectivity index (χ3v) is 8.06. The Morgan fingerprint density at radius 2 is 2.02 bits per heavy atom. The number of fused-ring (bicyclic) bond motifs is 2. The molecule has 11 nitrogen and oxygen atoms in total. The van der Waals surface area contributed by atoms with E-state index in [2.05, 4.69) is 61.5 Å². The lowest BCUT2D eigenvalue weighted by molar-refractivity contribution is 0.0550. The monoisotopic (exact) mass is 577 g/mol. The van der Waals surface area contributed by atoms with Gasteiger partial charge in [0.15, 0.2) is 5.82 Å². The smallest absolute Gasteiger partial charge is 0.411 e. The average molecular weight is 578 g/mol. The molecule has 1 atom stereocenters. The van der Waals surface area contributed by atoms with Crippen molar-refractivity contribution in [1.82, 2.24) is 29.7 Å². The third-order valence-electron chi connectivity index (χ3n) is 8.06. The van der Waals surface area contributed by atoms with Crippen LogP contribution in [0.5, 0.6) is 0 Å². The Kier molecular flexibility index (Phi) is 8.47. The molecule has 0 spiro atoms. The number of nitriles is 1. The van der Waals surface area contributed by atoms with E-state index in [-0.39, 0.29) is 12.0 Å². The van der Waals surface area contributed by atoms with Crippen molar-refractivity contribution in [1.29, 1.82) is 5.26 Å². The molecule has 5 aromatic rings. The quantitative estimate of drug-likeness (QED) is 0.194. The number of nitrogens with one attached hydrogen (secondary N) is 3. The first kappa shape index (κ1) is 28.2. The number of nitrogens with zero attached hydrogens (tertiary/aromatic N) is 6. The van der Waals surface area contributed by atoms with Crippen LogP contribution in [0.2, 0.25) is 0 Å². The van der Waals surface area contributed by atoms with Crippen molar-refractivity contribution in [3.63, 3.8) is 0 Å². The average Bonchev–Trinajstić information content (AvgIpc) is 3.60. The molecule has 0 aliphatic carbocycles. The predicted octanol–water partition coefficient (Wildman–Crippen LogP) is 5.65. The number of carbonyl (C=O) groups excluding carboxylic acids is 1. The van der Waals surface area contributed by atoms with Crippen LogP contribution >= 0.6 is 0 Å². The Balaban J connectivity index is 1.21. The van der Waals surface area contributed by atoms with Crippen molar-refractivity contribution in [2.75, 3.05) is 23.7 Å². The van der Waals surface area contributed by atoms with Gasteiger partial charge in [-0.2, -0.15) is 15.5 Å². The van der Waals surface area contributed by atoms with Gasteiger partial charge in [0.25, 0.3) is 0 Å². The van der Waals surface area contributed by atoms with Gasteiger partial charge in [-0.25, -0.2) is 14.3 Å². The highest BCUT2D eigenvalue weighted by Gasteiger charge is 2.27. The lowest BCUT2D eigenvalue weighted by Crippen LogP contribution is -2.37. The van der Waals surface area contributed by atoms with E-state index in [0.717, 1.165) is 53.6 Å². The largest absolute Gasteiger partial charge is 0.446 e. The fraction of sp³-hybridized carbons (Fsp3) is 0.344. The SMILES string of the molecule is CCc1c(NC(=O)OC(CCC#N)C2CCNCC2)cn2ncnc(Nc3ccc4c(cnn4Cc4ccccc4)c3)c12. The zero-order valence-corrected chi connectivity index (χ0v) is 24.2. The van der Waals surface area contributed by atoms with Gasteiger partial charge in [0.1, 0.15) is 17.9 Å². The summed E-state index contributed by atoms with van der Waals surface area (Å²) >= 11 is 0. The van der Waals surface area contributed by atoms with E-state index in [4.69, 9.17) is 10.00 Å². The second-order valence-corrected chi connectivity index (χ2v) is 10.8. The van der Waals surface area contributed by atoms with Crippen LogP contribution in [0.15, 0.2) is 67.3 Å². The minimum atomic E-state index is -0.521. The third kappa shape index (κ3) is 6.29. The van der Waals surface area contributed by atoms with Gasteiger partial charge in [0.05, 0.1) is 36.2 Å². The summed E-state index contributed by atoms with van der Waals surface area (Å²) in [6, 6.07) is 18.6. The summed E-state index contributed by atoms with van der Waals surface area (Å²) < 4.78 is 9.62. The topological polar surface area (TPSA) is 134 Å². The molecule has 1 aliphatic heterocycles. The highest BCUT2D eigenvalue weighted by molar-refractivity contribution is 5.91. The van der Waals surface area contributed by atoms with Gasteiger partial charge < -0.3 is 15.4 Å². The molecule has 1 amide bonds. The Morgan fingerprint density at radius 1 is 1.19 bits per heavy atom. The summed E-state index contributed by atoms with van der Waals surface area (Å²) in [4.78, 5) is 17.6. The normalized spacial score (nSPS) is 14.4. The molecule has 43 heavy (non-hydrogen) atoms. The predicted molar refractivity (Wildman–Crippen MR) is 165 cm³/mol. The summed E-state index contributed by atoms with van der Waals surface area (Å²) in [6.45, 7) is 4.51. The van der Waals surface area contributed by atoms with Crippen LogP contribution in [-0.2, 0) is 17.7 Å². The number of hydrogen-bond acceptors (Lipinski definition) is 8. The molecule has 0 bridgehead atoms. The number of piperidine rings is 1. The lowest BCUT2D eigenvalue weighted by atomic mass is 9.90. The van der Waals surface area contributed by atoms with E-state index in [1.807, 2.05) is 42.1 Å². The molecule has 1 fully saturated rings. The first-order valence-electron chi connectivity index (χ1n) is 14.8. The van der Waals surface area contributed by atoms with Crippen molar-refractivity contribution in [2.45, 2.75) is 51.7 Å². The summed E-state index contributed by atoms with van der Waals surface area (Å²) in [5, 5.41) is 28.9. The number of aromatic nitrogens is 5. The molecule has 1 aliphatic rings. The van der Waals surface area contributed by atoms with Crippen molar-refractivity contribution in [2.24, 2.45) is 5.92 Å². The van der Waals surface area contributed by atoms with Crippen LogP contribution in [0, 0.1) is 17.2 Å². The lowest BCUT2D eigenvalue weighted by Gasteiger charge is -2.30. The molecule has 2 aromatic carbocycles. The van der Waals surface area contributed by atoms with Crippen LogP contribution in [0.25, 0.3) is 16.4 Å². The Morgan fingerprint density at radius 3 is 2.81 bits per heavy atom. The molecule has 3 aromatic heterocycles. The van der Waals surface area contributed by atoms with Crippen LogP contribution in [0.1, 0.15) is 43.7 Å². The van der Waals surface area contributed by atoms with Crippen molar-refractivity contribution in [3.8, 4) is 6.07 Å². The second-order valence-electron chi connectivity index (χ2n) is 10.8. The molecule has 1 saturated heterocycles. The van der Waals surface area contributed by atoms with Crippen LogP contribution in [0.3, 0.4) is 0 Å². The number of carbonyl (C=O) groups is 1. The molecular weight excluding hydrogens is 542 g/mol. The maximum atomic E-state index is 13.1. The van der Waals surface area contributed by atoms with Gasteiger partial charge in [0, 0.05) is 23.1 Å². The molecule has 0 saturated carbocycles. The highest BCUT2D eigenvalue weighted by atomic mass is 16.6. The van der Waals surface area contributed by atoms with Gasteiger partial charge in [-0.3, -0.25) is 10.00 Å². The number of benzene rings is 2. The highest BCUT2D eigenvalue weighted by Crippen LogP contribution is 2.31. The van der Waals surface area contributed by atoms with E-state index >= 15 is 0 Å². The Hall–Kier alpha value is -4.95. The van der Waals surface area contributed by atoms with E-state index in [1.165, 1.54) is 11.9 Å². The van der Waals surface area contributed by atoms with Crippen LogP contribution in [0.4, 0.5) is 22.0 Å². The molecule has 4 heterocycles. The van der Waals surface area contributed by atoms with Crippen LogP contribution in [-0.4, -0.2) is 49.7 Å². The molecule has 0 radical (unpaired) electrons. The number of hydrogen-bond donors (Lipinski definition) is 3. The van der Waals surface area contributed by atoms with E-state index in [9.17, 15) is 4.79 Å². The Labute approximate surface area is 249 Å². The number of rotatable bonds is 10. The summed E-state index contributed by atoms with van der Waals surface area (Å²) in [5.41, 5.74) is 5.40. The number of aryl methyl sites for hydroxylation is 1. The zero-order valence-electron chi connectivity index (χ0n) is 24.2. The standard InChI is InChI=1S/C32H35N9O2/c1-2-26-27(39-32(42)43-29(9-6-14-33)23-12-15-34-16-13-23)20-41-30(26)31(35-21-37-41)38-25-10-11-28-24(17-25)18-36-40(28)19-22-7-4-3-5-8-22/h3-5,7-8,10-11,17-18,20-21,23,29,34H,2,6,9,12-13,15-16,19H2,1H3,(H,39,42)(H,35,37,38). The molecule has 1 unspecified atom stereocenters. The maximum Gasteiger partial charge on any atom is 0.411 e. The van der Waals surface area contributed by atoms with Gasteiger partial charge in [-0.15, -0.1) is 0 Å². The fourth-order valence-corrected chi connectivity index (χ4v) is 5.91. The summed E-state index contributed by atoms with van der Waals surface area (Å²) in [7, 11) is 0. The van der Waals surface area contributed by atoms with Crippen LogP contribution < -0.4 is 16.0 Å². The van der Waals surface area contributed by atoms with E-state index in [0.29, 0.717) is 37.3 Å². The minimum Gasteiger partial charge on any atom is -0.446 e. The van der Waals surface area contributed by atoms with Gasteiger partial charge in [-0.05, 0) is 68.5 Å². The van der Waals surface area contributed by atoms with Gasteiger partial charge >= 0.3 is 6.09 Å². The fourth-order valence-electron chi connectivity index (χ4n) is 5.91. The van der Waals surface area contributed by atoms with Crippen molar-refractivity contribution >= 4 is 39.7 Å². The first-order chi connectivity index (χ1) is 21.1. The first-order valence-corrected chi connectivity index (χ1v) is 14.8. The summed E-state index contributed by atoms with van der Waals surface area (Å²) in [5.74, 6) is 0.870. The second kappa shape index (κ2) is 12.9. The van der Waals surface area contributed by atoms with E-state index in [1.54, 1.807) is 10.7 Å². The number of ether oxygens (including phenoxy) is 1. The van der Waals surface area contributed by atoms with E-state index < -0.39 is 6.09 Å². The maximum absolute atomic E-state index is 13.1. The molecule has 6 rings (SSSR count). The van der Waals surface area contributed by atoms with Gasteiger partial charge in [0.2, 0.25) is 0 Å². The Bertz CT molecular complexity index is 1750. The molecular formula is C32H35N9O2. The zero-order chi connectivity index (χ0) is 29.6.